The third kappa shape index (κ3) is 3.82. The molecule has 0 spiro atoms. The van der Waals surface area contributed by atoms with Crippen molar-refractivity contribution in [1.29, 1.82) is 0 Å². The molecule has 7 nitrogen and oxygen atoms in total. The van der Waals surface area contributed by atoms with Crippen LogP contribution in [0.3, 0.4) is 0 Å². The van der Waals surface area contributed by atoms with Gasteiger partial charge in [-0.1, -0.05) is 54.2 Å². The second-order valence-corrected chi connectivity index (χ2v) is 7.95. The molecule has 0 saturated heterocycles. The number of thioether (sulfide) groups is 1. The highest BCUT2D eigenvalue weighted by Crippen LogP contribution is 2.40. The Morgan fingerprint density at radius 1 is 1.10 bits per heavy atom. The van der Waals surface area contributed by atoms with Gasteiger partial charge in [0.1, 0.15) is 18.1 Å². The number of hydrogen-bond acceptors (Lipinski definition) is 7. The Morgan fingerprint density at radius 3 is 2.71 bits per heavy atom. The van der Waals surface area contributed by atoms with Crippen LogP contribution in [-0.4, -0.2) is 28.5 Å². The van der Waals surface area contributed by atoms with Crippen LogP contribution in [0.2, 0.25) is 0 Å². The van der Waals surface area contributed by atoms with Crippen LogP contribution in [0.15, 0.2) is 81.0 Å². The number of carbonyl (C=O) groups is 1. The van der Waals surface area contributed by atoms with Crippen molar-refractivity contribution in [2.24, 2.45) is 0 Å². The molecule has 8 heteroatoms. The van der Waals surface area contributed by atoms with Gasteiger partial charge in [-0.2, -0.15) is 0 Å². The highest BCUT2D eigenvalue weighted by atomic mass is 32.2. The van der Waals surface area contributed by atoms with E-state index in [0.717, 1.165) is 16.8 Å². The second-order valence-electron chi connectivity index (χ2n) is 7.02. The molecule has 1 aliphatic heterocycles. The Hall–Kier alpha value is -3.52. The zero-order valence-corrected chi connectivity index (χ0v) is 17.5. The molecule has 156 valence electrons. The number of hydrogen-bond donors (Lipinski definition) is 0. The van der Waals surface area contributed by atoms with Crippen LogP contribution < -0.4 is 9.64 Å². The summed E-state index contributed by atoms with van der Waals surface area (Å²) < 4.78 is 16.9. The van der Waals surface area contributed by atoms with E-state index in [1.54, 1.807) is 17.2 Å². The van der Waals surface area contributed by atoms with E-state index in [1.807, 2.05) is 61.5 Å². The average molecular weight is 433 g/mol. The summed E-state index contributed by atoms with van der Waals surface area (Å²) in [6.45, 7) is 2.22. The van der Waals surface area contributed by atoms with E-state index < -0.39 is 0 Å². The molecule has 2 aromatic carbocycles. The van der Waals surface area contributed by atoms with E-state index in [0.29, 0.717) is 29.2 Å². The van der Waals surface area contributed by atoms with Gasteiger partial charge in [0, 0.05) is 0 Å². The molecule has 1 unspecified atom stereocenters. The van der Waals surface area contributed by atoms with Crippen LogP contribution in [0.25, 0.3) is 11.5 Å². The molecule has 1 amide bonds. The van der Waals surface area contributed by atoms with E-state index in [1.165, 1.54) is 11.8 Å². The van der Waals surface area contributed by atoms with E-state index in [4.69, 9.17) is 13.6 Å². The molecule has 1 atom stereocenters. The molecule has 0 aliphatic carbocycles. The van der Waals surface area contributed by atoms with Gasteiger partial charge in [0.05, 0.1) is 29.3 Å². The maximum atomic E-state index is 13.4. The Kier molecular flexibility index (Phi) is 5.21. The van der Waals surface area contributed by atoms with Gasteiger partial charge in [0.15, 0.2) is 0 Å². The third-order valence-corrected chi connectivity index (χ3v) is 5.90. The first-order valence-electron chi connectivity index (χ1n) is 9.80. The molecular weight excluding hydrogens is 414 g/mol. The van der Waals surface area contributed by atoms with Gasteiger partial charge in [0.2, 0.25) is 5.91 Å². The quantitative estimate of drug-likeness (QED) is 0.414. The summed E-state index contributed by atoms with van der Waals surface area (Å²) in [5.74, 6) is 1.87. The molecule has 31 heavy (non-hydrogen) atoms. The minimum atomic E-state index is -0.212. The fraction of sp³-hybridized carbons (Fsp3) is 0.174. The van der Waals surface area contributed by atoms with Crippen LogP contribution >= 0.6 is 11.8 Å². The highest BCUT2D eigenvalue weighted by Gasteiger charge is 2.33. The number of rotatable bonds is 5. The number of amides is 1. The monoisotopic (exact) mass is 433 g/mol. The standard InChI is InChI=1S/C23H19N3O4S/c1-15-17(11-12-28-15)22-24-25-23(30-22)31-14-21(27)26-18-9-5-6-10-20(18)29-13-19(26)16-7-3-2-4-8-16/h2-12,19H,13-14H2,1H3. The summed E-state index contributed by atoms with van der Waals surface area (Å²) in [6.07, 6.45) is 1.57. The first-order chi connectivity index (χ1) is 15.2. The molecule has 0 radical (unpaired) electrons. The van der Waals surface area contributed by atoms with E-state index >= 15 is 0 Å². The molecule has 2 aromatic heterocycles. The number of benzene rings is 2. The van der Waals surface area contributed by atoms with Crippen molar-refractivity contribution in [3.8, 4) is 17.2 Å². The number of para-hydroxylation sites is 2. The zero-order chi connectivity index (χ0) is 21.2. The summed E-state index contributed by atoms with van der Waals surface area (Å²) in [5, 5.41) is 8.46. The lowest BCUT2D eigenvalue weighted by Gasteiger charge is -2.37. The van der Waals surface area contributed by atoms with E-state index in [2.05, 4.69) is 10.2 Å². The van der Waals surface area contributed by atoms with Crippen LogP contribution in [0, 0.1) is 6.92 Å². The first-order valence-corrected chi connectivity index (χ1v) is 10.8. The van der Waals surface area contributed by atoms with Crippen molar-refractivity contribution >= 4 is 23.4 Å². The maximum absolute atomic E-state index is 13.4. The van der Waals surface area contributed by atoms with E-state index in [-0.39, 0.29) is 17.7 Å². The molecule has 4 aromatic rings. The van der Waals surface area contributed by atoms with Crippen LogP contribution in [-0.2, 0) is 4.79 Å². The minimum absolute atomic E-state index is 0.0613. The largest absolute Gasteiger partial charge is 0.489 e. The van der Waals surface area contributed by atoms with Crippen LogP contribution in [0.5, 0.6) is 5.75 Å². The molecule has 0 fully saturated rings. The van der Waals surface area contributed by atoms with Crippen molar-refractivity contribution in [2.75, 3.05) is 17.3 Å². The number of carbonyl (C=O) groups excluding carboxylic acids is 1. The highest BCUT2D eigenvalue weighted by molar-refractivity contribution is 7.99. The van der Waals surface area contributed by atoms with Gasteiger partial charge >= 0.3 is 0 Å². The fourth-order valence-corrected chi connectivity index (χ4v) is 4.22. The maximum Gasteiger partial charge on any atom is 0.277 e. The summed E-state index contributed by atoms with van der Waals surface area (Å²) in [4.78, 5) is 15.2. The predicted octanol–water partition coefficient (Wildman–Crippen LogP) is 4.90. The lowest BCUT2D eigenvalue weighted by atomic mass is 10.0. The Bertz CT molecular complexity index is 1200. The average Bonchev–Trinajstić information content (AvgIpc) is 3.46. The van der Waals surface area contributed by atoms with Crippen molar-refractivity contribution in [1.82, 2.24) is 10.2 Å². The molecule has 0 bridgehead atoms. The number of furan rings is 1. The van der Waals surface area contributed by atoms with Gasteiger partial charge < -0.3 is 13.6 Å². The smallest absolute Gasteiger partial charge is 0.277 e. The summed E-state index contributed by atoms with van der Waals surface area (Å²) in [6, 6.07) is 19.0. The number of nitrogens with zero attached hydrogens (tertiary/aromatic N) is 3. The minimum Gasteiger partial charge on any atom is -0.489 e. The third-order valence-electron chi connectivity index (χ3n) is 5.10. The molecule has 0 saturated carbocycles. The number of ether oxygens (including phenoxy) is 1. The number of aryl methyl sites for hydroxylation is 1. The molecule has 3 heterocycles. The predicted molar refractivity (Wildman–Crippen MR) is 116 cm³/mol. The van der Waals surface area contributed by atoms with Crippen molar-refractivity contribution < 1.29 is 18.4 Å². The van der Waals surface area contributed by atoms with Crippen molar-refractivity contribution in [3.05, 3.63) is 78.3 Å². The lowest BCUT2D eigenvalue weighted by molar-refractivity contribution is -0.117. The normalized spacial score (nSPS) is 15.4. The van der Waals surface area contributed by atoms with Crippen LogP contribution in [0.1, 0.15) is 17.4 Å². The van der Waals surface area contributed by atoms with Gasteiger partial charge in [-0.05, 0) is 30.7 Å². The molecule has 1 aliphatic rings. The number of fused-ring (bicyclic) bond motifs is 1. The zero-order valence-electron chi connectivity index (χ0n) is 16.7. The second kappa shape index (κ2) is 8.31. The Morgan fingerprint density at radius 2 is 1.90 bits per heavy atom. The number of aromatic nitrogens is 2. The van der Waals surface area contributed by atoms with Crippen molar-refractivity contribution in [2.45, 2.75) is 18.2 Å². The van der Waals surface area contributed by atoms with Gasteiger partial charge in [-0.3, -0.25) is 9.69 Å². The SMILES string of the molecule is Cc1occc1-c1nnc(SCC(=O)N2c3ccccc3OCC2c2ccccc2)o1. The summed E-state index contributed by atoms with van der Waals surface area (Å²) in [7, 11) is 0. The topological polar surface area (TPSA) is 81.6 Å². The molecule has 5 rings (SSSR count). The molecular formula is C23H19N3O4S. The van der Waals surface area contributed by atoms with Gasteiger partial charge in [-0.15, -0.1) is 10.2 Å². The molecule has 0 N–H and O–H groups in total. The number of anilines is 1. The van der Waals surface area contributed by atoms with Gasteiger partial charge in [0.25, 0.3) is 11.1 Å². The van der Waals surface area contributed by atoms with Gasteiger partial charge in [-0.25, -0.2) is 0 Å². The van der Waals surface area contributed by atoms with E-state index in [9.17, 15) is 4.79 Å². The Balaban J connectivity index is 1.37. The first kappa shape index (κ1) is 19.4. The van der Waals surface area contributed by atoms with Crippen molar-refractivity contribution in [3.63, 3.8) is 0 Å². The fourth-order valence-electron chi connectivity index (χ4n) is 3.59. The van der Waals surface area contributed by atoms with Crippen LogP contribution in [0.4, 0.5) is 5.69 Å². The lowest BCUT2D eigenvalue weighted by Crippen LogP contribution is -2.42. The summed E-state index contributed by atoms with van der Waals surface area (Å²) >= 11 is 1.22. The summed E-state index contributed by atoms with van der Waals surface area (Å²) in [5.41, 5.74) is 2.52. The Labute approximate surface area is 183 Å².